The molecule has 0 saturated carbocycles. The zero-order valence-electron chi connectivity index (χ0n) is 14.2. The lowest BCUT2D eigenvalue weighted by Crippen LogP contribution is -2.69. The van der Waals surface area contributed by atoms with E-state index in [-0.39, 0.29) is 0 Å². The Bertz CT molecular complexity index is 900. The van der Waals surface area contributed by atoms with Crippen molar-refractivity contribution >= 4 is 16.7 Å². The molecule has 0 radical (unpaired) electrons. The van der Waals surface area contributed by atoms with Crippen molar-refractivity contribution in [1.29, 1.82) is 0 Å². The topological polar surface area (TPSA) is 58.0 Å². The molecule has 0 aromatic carbocycles. The van der Waals surface area contributed by atoms with Crippen LogP contribution in [0.1, 0.15) is 17.9 Å². The highest BCUT2D eigenvalue weighted by molar-refractivity contribution is 5.89. The van der Waals surface area contributed by atoms with E-state index < -0.39 is 0 Å². The highest BCUT2D eigenvalue weighted by Gasteiger charge is 2.45. The molecular formula is C19H20N6. The molecule has 6 heterocycles. The van der Waals surface area contributed by atoms with Crippen LogP contribution in [-0.2, 0) is 6.54 Å². The van der Waals surface area contributed by atoms with E-state index in [0.29, 0.717) is 12.1 Å². The number of rotatable bonds is 3. The molecule has 6 heteroatoms. The van der Waals surface area contributed by atoms with E-state index in [1.807, 2.05) is 37.6 Å². The van der Waals surface area contributed by atoms with E-state index in [4.69, 9.17) is 4.98 Å². The predicted molar refractivity (Wildman–Crippen MR) is 96.3 cm³/mol. The summed E-state index contributed by atoms with van der Waals surface area (Å²) in [5.74, 6) is 1.88. The van der Waals surface area contributed by atoms with Crippen molar-refractivity contribution in [3.8, 4) is 0 Å². The van der Waals surface area contributed by atoms with Gasteiger partial charge in [-0.1, -0.05) is 6.07 Å². The average molecular weight is 332 g/mol. The molecule has 3 aromatic rings. The maximum atomic E-state index is 4.77. The Hall–Kier alpha value is -2.60. The molecule has 3 fully saturated rings. The summed E-state index contributed by atoms with van der Waals surface area (Å²) in [5.41, 5.74) is 2.07. The number of fused-ring (bicyclic) bond motifs is 3. The number of hydrogen-bond donors (Lipinski definition) is 0. The van der Waals surface area contributed by atoms with Crippen molar-refractivity contribution < 1.29 is 0 Å². The molecular weight excluding hydrogens is 312 g/mol. The van der Waals surface area contributed by atoms with Gasteiger partial charge in [-0.2, -0.15) is 0 Å². The van der Waals surface area contributed by atoms with Gasteiger partial charge in [0.2, 0.25) is 0 Å². The fourth-order valence-corrected chi connectivity index (χ4v) is 4.17. The smallest absolute Gasteiger partial charge is 0.140 e. The number of piperazine rings is 1. The summed E-state index contributed by atoms with van der Waals surface area (Å²) < 4.78 is 0. The Balaban J connectivity index is 1.40. The van der Waals surface area contributed by atoms with Crippen LogP contribution in [0.15, 0.2) is 42.9 Å². The second-order valence-electron chi connectivity index (χ2n) is 6.95. The van der Waals surface area contributed by atoms with E-state index in [2.05, 4.69) is 36.9 Å². The Labute approximate surface area is 146 Å². The Morgan fingerprint density at radius 1 is 1.08 bits per heavy atom. The predicted octanol–water partition coefficient (Wildman–Crippen LogP) is 2.19. The third kappa shape index (κ3) is 2.53. The average Bonchev–Trinajstić information content (AvgIpc) is 2.62. The standard InChI is InChI=1S/C19H20N6/c1-13-22-18-9-20-7-5-17(18)19(23-13)25-15-8-16(25)12-24(11-15)10-14-4-2-3-6-21-14/h2-7,9,15-16H,8,10-12H2,1H3. The lowest BCUT2D eigenvalue weighted by molar-refractivity contribution is 0.107. The molecule has 3 aromatic heterocycles. The highest BCUT2D eigenvalue weighted by atomic mass is 15.4. The first-order valence-corrected chi connectivity index (χ1v) is 8.77. The monoisotopic (exact) mass is 332 g/mol. The molecule has 6 rings (SSSR count). The second-order valence-corrected chi connectivity index (χ2v) is 6.95. The van der Waals surface area contributed by atoms with Crippen LogP contribution < -0.4 is 4.90 Å². The highest BCUT2D eigenvalue weighted by Crippen LogP contribution is 2.39. The molecule has 3 aliphatic heterocycles. The number of anilines is 1. The first kappa shape index (κ1) is 14.7. The zero-order chi connectivity index (χ0) is 16.8. The third-order valence-electron chi connectivity index (χ3n) is 5.22. The minimum atomic E-state index is 0.521. The molecule has 6 nitrogen and oxygen atoms in total. The summed E-state index contributed by atoms with van der Waals surface area (Å²) in [7, 11) is 0. The van der Waals surface area contributed by atoms with Gasteiger partial charge in [0, 0.05) is 49.5 Å². The zero-order valence-corrected chi connectivity index (χ0v) is 14.2. The number of aromatic nitrogens is 4. The molecule has 0 spiro atoms. The van der Waals surface area contributed by atoms with Crippen molar-refractivity contribution in [2.24, 2.45) is 0 Å². The Morgan fingerprint density at radius 2 is 1.96 bits per heavy atom. The third-order valence-corrected chi connectivity index (χ3v) is 5.22. The molecule has 2 unspecified atom stereocenters. The maximum Gasteiger partial charge on any atom is 0.140 e. The largest absolute Gasteiger partial charge is 0.347 e. The summed E-state index contributed by atoms with van der Waals surface area (Å²) in [6.45, 7) is 5.00. The van der Waals surface area contributed by atoms with Crippen LogP contribution in [0.5, 0.6) is 0 Å². The van der Waals surface area contributed by atoms with Crippen LogP contribution in [0.2, 0.25) is 0 Å². The Kier molecular flexibility index (Phi) is 3.38. The van der Waals surface area contributed by atoms with Crippen molar-refractivity contribution in [1.82, 2.24) is 24.8 Å². The van der Waals surface area contributed by atoms with Crippen molar-refractivity contribution in [2.75, 3.05) is 18.0 Å². The SMILES string of the molecule is Cc1nc(N2C3CC2CN(Cc2ccccn2)C3)c2ccncc2n1. The first-order chi connectivity index (χ1) is 12.3. The summed E-state index contributed by atoms with van der Waals surface area (Å²) in [5, 5.41) is 1.11. The van der Waals surface area contributed by atoms with Gasteiger partial charge in [0.25, 0.3) is 0 Å². The lowest BCUT2D eigenvalue weighted by atomic mass is 9.87. The van der Waals surface area contributed by atoms with Crippen molar-refractivity contribution in [2.45, 2.75) is 32.0 Å². The van der Waals surface area contributed by atoms with E-state index in [1.54, 1.807) is 0 Å². The number of hydrogen-bond acceptors (Lipinski definition) is 6. The molecule has 2 bridgehead atoms. The van der Waals surface area contributed by atoms with Gasteiger partial charge in [0.1, 0.15) is 11.6 Å². The number of nitrogens with zero attached hydrogens (tertiary/aromatic N) is 6. The molecule has 3 saturated heterocycles. The van der Waals surface area contributed by atoms with Crippen LogP contribution >= 0.6 is 0 Å². The fraction of sp³-hybridized carbons (Fsp3) is 0.368. The lowest BCUT2D eigenvalue weighted by Gasteiger charge is -2.57. The van der Waals surface area contributed by atoms with Gasteiger partial charge in [-0.05, 0) is 31.5 Å². The van der Waals surface area contributed by atoms with E-state index in [9.17, 15) is 0 Å². The molecule has 0 aliphatic carbocycles. The van der Waals surface area contributed by atoms with Crippen molar-refractivity contribution in [3.05, 3.63) is 54.4 Å². The van der Waals surface area contributed by atoms with E-state index in [0.717, 1.165) is 47.9 Å². The van der Waals surface area contributed by atoms with Crippen LogP contribution in [-0.4, -0.2) is 50.0 Å². The number of piperidine rings is 1. The summed E-state index contributed by atoms with van der Waals surface area (Å²) >= 11 is 0. The van der Waals surface area contributed by atoms with Gasteiger partial charge in [-0.15, -0.1) is 0 Å². The normalized spacial score (nSPS) is 22.8. The summed E-state index contributed by atoms with van der Waals surface area (Å²) in [4.78, 5) is 23.0. The molecule has 0 amide bonds. The molecule has 0 N–H and O–H groups in total. The van der Waals surface area contributed by atoms with E-state index >= 15 is 0 Å². The van der Waals surface area contributed by atoms with Gasteiger partial charge in [0.05, 0.1) is 17.4 Å². The minimum Gasteiger partial charge on any atom is -0.347 e. The number of pyridine rings is 2. The molecule has 2 atom stereocenters. The van der Waals surface area contributed by atoms with Gasteiger partial charge < -0.3 is 4.90 Å². The van der Waals surface area contributed by atoms with Crippen LogP contribution in [0.4, 0.5) is 5.82 Å². The Morgan fingerprint density at radius 3 is 2.76 bits per heavy atom. The van der Waals surface area contributed by atoms with Crippen LogP contribution in [0, 0.1) is 6.92 Å². The van der Waals surface area contributed by atoms with Crippen LogP contribution in [0.25, 0.3) is 10.9 Å². The number of aryl methyl sites for hydroxylation is 1. The van der Waals surface area contributed by atoms with Crippen molar-refractivity contribution in [3.63, 3.8) is 0 Å². The van der Waals surface area contributed by atoms with Gasteiger partial charge in [0.15, 0.2) is 0 Å². The quantitative estimate of drug-likeness (QED) is 0.733. The van der Waals surface area contributed by atoms with Gasteiger partial charge in [-0.3, -0.25) is 14.9 Å². The maximum absolute atomic E-state index is 4.77. The van der Waals surface area contributed by atoms with Crippen LogP contribution in [0.3, 0.4) is 0 Å². The van der Waals surface area contributed by atoms with E-state index in [1.165, 1.54) is 6.42 Å². The molecule has 126 valence electrons. The van der Waals surface area contributed by atoms with Gasteiger partial charge in [-0.25, -0.2) is 9.97 Å². The molecule has 25 heavy (non-hydrogen) atoms. The first-order valence-electron chi connectivity index (χ1n) is 8.77. The molecule has 3 aliphatic rings. The van der Waals surface area contributed by atoms with Gasteiger partial charge >= 0.3 is 0 Å². The minimum absolute atomic E-state index is 0.521. The summed E-state index contributed by atoms with van der Waals surface area (Å²) in [6, 6.07) is 9.21. The summed E-state index contributed by atoms with van der Waals surface area (Å²) in [6.07, 6.45) is 6.77. The fourth-order valence-electron chi connectivity index (χ4n) is 4.17. The second kappa shape index (κ2) is 5.74.